The molecule has 2 rings (SSSR count). The Hall–Kier alpha value is -0.830. The van der Waals surface area contributed by atoms with E-state index in [0.717, 1.165) is 5.56 Å². The van der Waals surface area contributed by atoms with Crippen molar-refractivity contribution < 1.29 is 31.6 Å². The van der Waals surface area contributed by atoms with Gasteiger partial charge in [0.15, 0.2) is 11.5 Å². The predicted octanol–water partition coefficient (Wildman–Crippen LogP) is 3.40. The second kappa shape index (κ2) is 5.88. The van der Waals surface area contributed by atoms with E-state index >= 15 is 0 Å². The predicted molar refractivity (Wildman–Crippen MR) is 64.9 cm³/mol. The van der Waals surface area contributed by atoms with Crippen molar-refractivity contribution in [3.8, 4) is 0 Å². The maximum Gasteiger partial charge on any atom is 0.349 e. The summed E-state index contributed by atoms with van der Waals surface area (Å²) >= 11 is -0.433. The molecule has 1 aliphatic heterocycles. The minimum absolute atomic E-state index is 0.0132. The summed E-state index contributed by atoms with van der Waals surface area (Å²) in [5.41, 5.74) is -1.56. The monoisotopic (exact) mass is 312 g/mol. The largest absolute Gasteiger partial charge is 0.374 e. The van der Waals surface area contributed by atoms with Crippen LogP contribution in [-0.2, 0) is 16.1 Å². The number of rotatable bonds is 5. The number of ether oxygens (including phenoxy) is 2. The van der Waals surface area contributed by atoms with Gasteiger partial charge in [0.1, 0.15) is 0 Å². The minimum Gasteiger partial charge on any atom is -0.374 e. The molecule has 0 amide bonds. The first kappa shape index (κ1) is 15.6. The summed E-state index contributed by atoms with van der Waals surface area (Å²) in [6, 6.07) is 8.70. The van der Waals surface area contributed by atoms with Gasteiger partial charge in [0.05, 0.1) is 13.2 Å². The normalized spacial score (nSPS) is 27.6. The standard InChI is InChI=1S/C12H12F4O3S/c13-11(14)9(19-10(20-17)12(11,15)16)7-18-6-8-4-2-1-3-5-8/h1-5,9-10,17H,6-7H2/t9-,10?/m1/s1. The molecule has 1 aromatic rings. The highest BCUT2D eigenvalue weighted by atomic mass is 32.2. The molecule has 1 aliphatic rings. The van der Waals surface area contributed by atoms with E-state index < -0.39 is 42.0 Å². The third-order valence-electron chi connectivity index (χ3n) is 2.91. The van der Waals surface area contributed by atoms with Crippen molar-refractivity contribution >= 4 is 12.0 Å². The lowest BCUT2D eigenvalue weighted by atomic mass is 10.1. The van der Waals surface area contributed by atoms with Crippen LogP contribution in [0.3, 0.4) is 0 Å². The van der Waals surface area contributed by atoms with Gasteiger partial charge in [-0.1, -0.05) is 30.3 Å². The fourth-order valence-electron chi connectivity index (χ4n) is 1.78. The van der Waals surface area contributed by atoms with Gasteiger partial charge in [-0.05, 0) is 5.56 Å². The molecule has 3 nitrogen and oxygen atoms in total. The van der Waals surface area contributed by atoms with Gasteiger partial charge in [-0.25, -0.2) is 0 Å². The molecule has 1 fully saturated rings. The van der Waals surface area contributed by atoms with Crippen LogP contribution in [0.5, 0.6) is 0 Å². The van der Waals surface area contributed by atoms with Gasteiger partial charge in [0.2, 0.25) is 0 Å². The Morgan fingerprint density at radius 1 is 1.15 bits per heavy atom. The van der Waals surface area contributed by atoms with Crippen LogP contribution in [-0.4, -0.2) is 34.5 Å². The second-order valence-electron chi connectivity index (χ2n) is 4.31. The summed E-state index contributed by atoms with van der Waals surface area (Å²) in [7, 11) is 0. The van der Waals surface area contributed by atoms with Crippen molar-refractivity contribution in [2.75, 3.05) is 6.61 Å². The van der Waals surface area contributed by atoms with Crippen LogP contribution in [0.2, 0.25) is 0 Å². The van der Waals surface area contributed by atoms with Crippen molar-refractivity contribution in [2.24, 2.45) is 0 Å². The van der Waals surface area contributed by atoms with Gasteiger partial charge in [0.25, 0.3) is 0 Å². The van der Waals surface area contributed by atoms with Gasteiger partial charge in [0, 0.05) is 12.0 Å². The molecule has 0 bridgehead atoms. The van der Waals surface area contributed by atoms with Crippen molar-refractivity contribution in [2.45, 2.75) is 30.0 Å². The molecular formula is C12H12F4O3S. The summed E-state index contributed by atoms with van der Waals surface area (Å²) < 4.78 is 71.5. The third kappa shape index (κ3) is 2.78. The Balaban J connectivity index is 1.93. The summed E-state index contributed by atoms with van der Waals surface area (Å²) in [5.74, 6) is -8.82. The van der Waals surface area contributed by atoms with Crippen molar-refractivity contribution in [1.82, 2.24) is 0 Å². The van der Waals surface area contributed by atoms with E-state index in [1.807, 2.05) is 0 Å². The zero-order valence-corrected chi connectivity index (χ0v) is 11.0. The summed E-state index contributed by atoms with van der Waals surface area (Å²) in [6.45, 7) is -0.673. The number of alkyl halides is 4. The van der Waals surface area contributed by atoms with Crippen LogP contribution < -0.4 is 0 Å². The lowest BCUT2D eigenvalue weighted by Gasteiger charge is -2.22. The average molecular weight is 312 g/mol. The van der Waals surface area contributed by atoms with Crippen molar-refractivity contribution in [3.05, 3.63) is 35.9 Å². The van der Waals surface area contributed by atoms with Crippen molar-refractivity contribution in [1.29, 1.82) is 0 Å². The van der Waals surface area contributed by atoms with E-state index in [-0.39, 0.29) is 6.61 Å². The molecular weight excluding hydrogens is 300 g/mol. The molecule has 0 radical (unpaired) electrons. The molecule has 1 heterocycles. The van der Waals surface area contributed by atoms with E-state index in [1.165, 1.54) is 0 Å². The number of hydrogen-bond donors (Lipinski definition) is 1. The first-order chi connectivity index (χ1) is 9.39. The van der Waals surface area contributed by atoms with Crippen LogP contribution in [0.4, 0.5) is 17.6 Å². The molecule has 2 atom stereocenters. The molecule has 20 heavy (non-hydrogen) atoms. The summed E-state index contributed by atoms with van der Waals surface area (Å²) in [5, 5.41) is 0. The maximum absolute atomic E-state index is 13.5. The molecule has 0 saturated carbocycles. The van der Waals surface area contributed by atoms with E-state index in [4.69, 9.17) is 9.29 Å². The first-order valence-electron chi connectivity index (χ1n) is 5.72. The first-order valence-corrected chi connectivity index (χ1v) is 6.56. The van der Waals surface area contributed by atoms with Crippen LogP contribution in [0.15, 0.2) is 30.3 Å². The lowest BCUT2D eigenvalue weighted by molar-refractivity contribution is -0.197. The molecule has 112 valence electrons. The number of hydrogen-bond acceptors (Lipinski definition) is 4. The Labute approximate surface area is 117 Å². The molecule has 1 saturated heterocycles. The fraction of sp³-hybridized carbons (Fsp3) is 0.500. The quantitative estimate of drug-likeness (QED) is 0.668. The van der Waals surface area contributed by atoms with Crippen LogP contribution in [0.25, 0.3) is 0 Å². The minimum atomic E-state index is -4.44. The Bertz CT molecular complexity index is 444. The van der Waals surface area contributed by atoms with E-state index in [1.54, 1.807) is 30.3 Å². The van der Waals surface area contributed by atoms with Crippen LogP contribution in [0.1, 0.15) is 5.56 Å². The Morgan fingerprint density at radius 3 is 2.35 bits per heavy atom. The van der Waals surface area contributed by atoms with E-state index in [0.29, 0.717) is 0 Å². The molecule has 0 spiro atoms. The van der Waals surface area contributed by atoms with E-state index in [9.17, 15) is 17.6 Å². The zero-order chi connectivity index (χ0) is 14.8. The Kier molecular flexibility index (Phi) is 4.58. The number of halogens is 4. The fourth-order valence-corrected chi connectivity index (χ4v) is 2.26. The maximum atomic E-state index is 13.5. The molecule has 1 aromatic carbocycles. The SMILES string of the molecule is OSC1O[C@H](COCc2ccccc2)C(F)(F)C1(F)F. The van der Waals surface area contributed by atoms with E-state index in [2.05, 4.69) is 4.74 Å². The zero-order valence-electron chi connectivity index (χ0n) is 10.1. The van der Waals surface area contributed by atoms with Gasteiger partial charge in [-0.15, -0.1) is 0 Å². The van der Waals surface area contributed by atoms with Gasteiger partial charge < -0.3 is 14.0 Å². The molecule has 0 aromatic heterocycles. The van der Waals surface area contributed by atoms with Gasteiger partial charge in [-0.3, -0.25) is 0 Å². The number of benzene rings is 1. The highest BCUT2D eigenvalue weighted by Gasteiger charge is 2.72. The topological polar surface area (TPSA) is 38.7 Å². The molecule has 1 N–H and O–H groups in total. The highest BCUT2D eigenvalue weighted by molar-refractivity contribution is 7.94. The third-order valence-corrected chi connectivity index (χ3v) is 3.51. The molecule has 1 unspecified atom stereocenters. The lowest BCUT2D eigenvalue weighted by Crippen LogP contribution is -2.46. The summed E-state index contributed by atoms with van der Waals surface area (Å²) in [6.07, 6.45) is -2.09. The molecule has 0 aliphatic carbocycles. The molecule has 8 heteroatoms. The van der Waals surface area contributed by atoms with Gasteiger partial charge >= 0.3 is 11.8 Å². The highest BCUT2D eigenvalue weighted by Crippen LogP contribution is 2.50. The average Bonchev–Trinajstić information content (AvgIpc) is 2.59. The van der Waals surface area contributed by atoms with Crippen molar-refractivity contribution in [3.63, 3.8) is 0 Å². The second-order valence-corrected chi connectivity index (χ2v) is 4.95. The Morgan fingerprint density at radius 2 is 1.80 bits per heavy atom. The summed E-state index contributed by atoms with van der Waals surface area (Å²) in [4.78, 5) is 0. The van der Waals surface area contributed by atoms with Gasteiger partial charge in [-0.2, -0.15) is 17.6 Å². The smallest absolute Gasteiger partial charge is 0.349 e. The van der Waals surface area contributed by atoms with Crippen LogP contribution >= 0.6 is 12.0 Å². The van der Waals surface area contributed by atoms with Crippen LogP contribution in [0, 0.1) is 0 Å².